The molecular formula is C20H17FN5O2S+. The van der Waals surface area contributed by atoms with Crippen LogP contribution in [0.15, 0.2) is 77.8 Å². The summed E-state index contributed by atoms with van der Waals surface area (Å²) in [6, 6.07) is 17.4. The van der Waals surface area contributed by atoms with Crippen molar-refractivity contribution in [1.82, 2.24) is 9.97 Å². The number of nitrogens with one attached hydrogen (secondary N) is 3. The summed E-state index contributed by atoms with van der Waals surface area (Å²) in [7, 11) is -3.96. The number of nitrogens with zero attached hydrogens (tertiary/aromatic N) is 2. The smallest absolute Gasteiger partial charge is 0.265 e. The quantitative estimate of drug-likeness (QED) is 0.509. The molecule has 0 unspecified atom stereocenters. The molecule has 2 heterocycles. The van der Waals surface area contributed by atoms with E-state index in [9.17, 15) is 12.8 Å². The predicted molar refractivity (Wildman–Crippen MR) is 107 cm³/mol. The van der Waals surface area contributed by atoms with Crippen LogP contribution in [0.1, 0.15) is 5.69 Å². The Kier molecular flexibility index (Phi) is 5.05. The fraction of sp³-hybridized carbons (Fsp3) is 0.0500. The lowest BCUT2D eigenvalue weighted by atomic mass is 10.3. The van der Waals surface area contributed by atoms with Crippen molar-refractivity contribution < 1.29 is 17.8 Å². The lowest BCUT2D eigenvalue weighted by molar-refractivity contribution is -0.327. The van der Waals surface area contributed by atoms with E-state index in [2.05, 4.69) is 25.0 Å². The zero-order valence-corrected chi connectivity index (χ0v) is 15.9. The van der Waals surface area contributed by atoms with Gasteiger partial charge in [0, 0.05) is 6.20 Å². The maximum absolute atomic E-state index is 13.2. The van der Waals surface area contributed by atoms with Crippen molar-refractivity contribution in [2.75, 3.05) is 10.0 Å². The van der Waals surface area contributed by atoms with Crippen LogP contribution in [0.4, 0.5) is 16.0 Å². The molecule has 0 fully saturated rings. The summed E-state index contributed by atoms with van der Waals surface area (Å²) in [5.41, 5.74) is 2.11. The molecule has 0 aliphatic rings. The Morgan fingerprint density at radius 1 is 0.966 bits per heavy atom. The normalized spacial score (nSPS) is 11.3. The zero-order valence-electron chi connectivity index (χ0n) is 15.1. The number of pyridine rings is 1. The number of rotatable bonds is 6. The summed E-state index contributed by atoms with van der Waals surface area (Å²) in [4.78, 5) is 11.8. The van der Waals surface area contributed by atoms with E-state index < -0.39 is 15.8 Å². The van der Waals surface area contributed by atoms with Gasteiger partial charge in [-0.05, 0) is 48.5 Å². The highest BCUT2D eigenvalue weighted by molar-refractivity contribution is 7.92. The van der Waals surface area contributed by atoms with E-state index in [0.717, 1.165) is 23.3 Å². The van der Waals surface area contributed by atoms with Gasteiger partial charge in [0.05, 0.1) is 10.6 Å². The summed E-state index contributed by atoms with van der Waals surface area (Å²) in [6.07, 6.45) is 1.68. The van der Waals surface area contributed by atoms with Crippen LogP contribution in [0.5, 0.6) is 0 Å². The number of H-pyrrole nitrogens is 1. The number of halogens is 1. The van der Waals surface area contributed by atoms with Crippen molar-refractivity contribution in [2.24, 2.45) is 0 Å². The van der Waals surface area contributed by atoms with Crippen molar-refractivity contribution in [1.29, 1.82) is 0 Å². The molecule has 2 aromatic carbocycles. The third kappa shape index (κ3) is 4.30. The second-order valence-electron chi connectivity index (χ2n) is 6.21. The summed E-state index contributed by atoms with van der Waals surface area (Å²) in [5.74, 6) is -0.0252. The molecule has 4 rings (SSSR count). The van der Waals surface area contributed by atoms with Crippen molar-refractivity contribution >= 4 is 32.7 Å². The fourth-order valence-electron chi connectivity index (χ4n) is 2.73. The van der Waals surface area contributed by atoms with Gasteiger partial charge in [0.25, 0.3) is 10.0 Å². The Bertz CT molecular complexity index is 1250. The van der Waals surface area contributed by atoms with Gasteiger partial charge in [-0.25, -0.2) is 22.8 Å². The molecular weight excluding hydrogens is 393 g/mol. The standard InChI is InChI=1S/C20H16FN5O2S/c21-14-8-10-16(11-9-14)29(27,28)26-20-19(23-13-15-5-3-4-12-22-15)24-17-6-1-2-7-18(17)25-20/h1-12H,13H2,(H,23,24)(H,25,26)/p+1. The Balaban J connectivity index is 1.70. The van der Waals surface area contributed by atoms with Crippen LogP contribution in [0.25, 0.3) is 11.0 Å². The van der Waals surface area contributed by atoms with Crippen molar-refractivity contribution in [2.45, 2.75) is 11.4 Å². The number of aromatic nitrogens is 3. The average molecular weight is 410 g/mol. The second kappa shape index (κ2) is 7.80. The van der Waals surface area contributed by atoms with Gasteiger partial charge in [0.1, 0.15) is 17.9 Å². The molecule has 0 saturated carbocycles. The van der Waals surface area contributed by atoms with Crippen LogP contribution >= 0.6 is 0 Å². The number of hydrogen-bond acceptors (Lipinski definition) is 5. The highest BCUT2D eigenvalue weighted by atomic mass is 32.2. The summed E-state index contributed by atoms with van der Waals surface area (Å²) < 4.78 is 41.1. The first-order valence-corrected chi connectivity index (χ1v) is 10.2. The van der Waals surface area contributed by atoms with Crippen LogP contribution in [0.2, 0.25) is 0 Å². The highest BCUT2D eigenvalue weighted by Crippen LogP contribution is 2.22. The van der Waals surface area contributed by atoms with Gasteiger partial charge in [-0.2, -0.15) is 0 Å². The maximum atomic E-state index is 13.2. The molecule has 4 aromatic rings. The van der Waals surface area contributed by atoms with Gasteiger partial charge in [-0.3, -0.25) is 15.0 Å². The molecule has 29 heavy (non-hydrogen) atoms. The molecule has 146 valence electrons. The van der Waals surface area contributed by atoms with Crippen LogP contribution < -0.4 is 15.0 Å². The van der Waals surface area contributed by atoms with E-state index in [1.807, 2.05) is 36.4 Å². The largest absolute Gasteiger partial charge is 0.317 e. The topological polar surface area (TPSA) is 98.1 Å². The first kappa shape index (κ1) is 18.8. The fourth-order valence-corrected chi connectivity index (χ4v) is 3.74. The van der Waals surface area contributed by atoms with Gasteiger partial charge in [-0.15, -0.1) is 0 Å². The monoisotopic (exact) mass is 410 g/mol. The maximum Gasteiger partial charge on any atom is 0.317 e. The molecule has 0 bridgehead atoms. The first-order chi connectivity index (χ1) is 14.0. The third-order valence-electron chi connectivity index (χ3n) is 4.16. The summed E-state index contributed by atoms with van der Waals surface area (Å²) >= 11 is 0. The lowest BCUT2D eigenvalue weighted by Crippen LogP contribution is -2.22. The Morgan fingerprint density at radius 2 is 1.72 bits per heavy atom. The SMILES string of the molecule is O=S(=O)(Nc1nc2ccccc2[nH+]c1NCc1ccccn1)c1ccc(F)cc1. The van der Waals surface area contributed by atoms with E-state index in [4.69, 9.17) is 0 Å². The highest BCUT2D eigenvalue weighted by Gasteiger charge is 2.22. The molecule has 0 spiro atoms. The van der Waals surface area contributed by atoms with E-state index in [1.165, 1.54) is 12.1 Å². The minimum atomic E-state index is -3.96. The molecule has 7 nitrogen and oxygen atoms in total. The number of para-hydroxylation sites is 2. The molecule has 0 amide bonds. The van der Waals surface area contributed by atoms with E-state index in [1.54, 1.807) is 12.3 Å². The number of hydrogen-bond donors (Lipinski definition) is 2. The lowest BCUT2D eigenvalue weighted by Gasteiger charge is -2.10. The molecule has 0 atom stereocenters. The number of sulfonamides is 1. The van der Waals surface area contributed by atoms with Gasteiger partial charge < -0.3 is 0 Å². The predicted octanol–water partition coefficient (Wildman–Crippen LogP) is 3.00. The Hall–Kier alpha value is -3.59. The van der Waals surface area contributed by atoms with E-state index >= 15 is 0 Å². The average Bonchev–Trinajstić information content (AvgIpc) is 2.73. The third-order valence-corrected chi connectivity index (χ3v) is 5.52. The van der Waals surface area contributed by atoms with Crippen molar-refractivity contribution in [3.05, 3.63) is 84.4 Å². The number of aromatic amines is 1. The first-order valence-electron chi connectivity index (χ1n) is 8.75. The van der Waals surface area contributed by atoms with Crippen LogP contribution in [-0.4, -0.2) is 18.4 Å². The van der Waals surface area contributed by atoms with E-state index in [0.29, 0.717) is 17.9 Å². The Labute approximate surface area is 166 Å². The van der Waals surface area contributed by atoms with Crippen LogP contribution in [0.3, 0.4) is 0 Å². The van der Waals surface area contributed by atoms with Crippen molar-refractivity contribution in [3.8, 4) is 0 Å². The molecule has 2 aromatic heterocycles. The van der Waals surface area contributed by atoms with Gasteiger partial charge >= 0.3 is 5.82 Å². The molecule has 0 aliphatic heterocycles. The molecule has 3 N–H and O–H groups in total. The van der Waals surface area contributed by atoms with Gasteiger partial charge in [0.15, 0.2) is 5.52 Å². The number of anilines is 2. The number of fused-ring (bicyclic) bond motifs is 1. The van der Waals surface area contributed by atoms with Crippen LogP contribution in [-0.2, 0) is 16.6 Å². The molecule has 9 heteroatoms. The van der Waals surface area contributed by atoms with Gasteiger partial charge in [0.2, 0.25) is 5.82 Å². The summed E-state index contributed by atoms with van der Waals surface area (Å²) in [6.45, 7) is 0.364. The Morgan fingerprint density at radius 3 is 2.48 bits per heavy atom. The molecule has 0 saturated heterocycles. The van der Waals surface area contributed by atoms with Crippen molar-refractivity contribution in [3.63, 3.8) is 0 Å². The minimum absolute atomic E-state index is 0.0652. The minimum Gasteiger partial charge on any atom is -0.265 e. The second-order valence-corrected chi connectivity index (χ2v) is 7.89. The van der Waals surface area contributed by atoms with Crippen LogP contribution in [0, 0.1) is 5.82 Å². The van der Waals surface area contributed by atoms with E-state index in [-0.39, 0.29) is 10.7 Å². The number of benzene rings is 2. The molecule has 0 aliphatic carbocycles. The zero-order chi connectivity index (χ0) is 20.3. The van der Waals surface area contributed by atoms with Gasteiger partial charge in [-0.1, -0.05) is 18.2 Å². The summed E-state index contributed by atoms with van der Waals surface area (Å²) in [5, 5.41) is 3.14. The molecule has 0 radical (unpaired) electrons.